The van der Waals surface area contributed by atoms with Crippen molar-refractivity contribution >= 4 is 27.5 Å². The number of rotatable bonds is 0. The Morgan fingerprint density at radius 2 is 2.09 bits per heavy atom. The van der Waals surface area contributed by atoms with Crippen LogP contribution in [0.4, 0.5) is 0 Å². The molecule has 57 valence electrons. The van der Waals surface area contributed by atoms with E-state index in [0.29, 0.717) is 0 Å². The molecule has 0 aliphatic heterocycles. The molecule has 0 nitrogen and oxygen atoms in total. The fraction of sp³-hybridized carbons (Fsp3) is 0.222. The van der Waals surface area contributed by atoms with Crippen LogP contribution in [0.5, 0.6) is 0 Å². The Bertz CT molecular complexity index is 294. The van der Waals surface area contributed by atoms with Gasteiger partial charge >= 0.3 is 0 Å². The summed E-state index contributed by atoms with van der Waals surface area (Å²) in [6, 6.07) is 4.10. The van der Waals surface area contributed by atoms with E-state index in [2.05, 4.69) is 28.4 Å². The van der Waals surface area contributed by atoms with Crippen molar-refractivity contribution in [1.29, 1.82) is 0 Å². The molecule has 1 aromatic carbocycles. The largest absolute Gasteiger partial charge is 0.0840 e. The van der Waals surface area contributed by atoms with E-state index in [1.165, 1.54) is 11.1 Å². The van der Waals surface area contributed by atoms with Crippen molar-refractivity contribution in [2.45, 2.75) is 12.8 Å². The zero-order valence-corrected chi connectivity index (χ0v) is 8.24. The first kappa shape index (κ1) is 7.63. The molecule has 0 heterocycles. The Hall–Kier alpha value is -0.0100. The minimum absolute atomic E-state index is 0.892. The third-order valence-electron chi connectivity index (χ3n) is 1.97. The molecule has 1 aliphatic rings. The highest BCUT2D eigenvalue weighted by Gasteiger charge is 2.14. The van der Waals surface area contributed by atoms with Gasteiger partial charge in [0, 0.05) is 9.50 Å². The highest BCUT2D eigenvalue weighted by atomic mass is 79.9. The van der Waals surface area contributed by atoms with Crippen molar-refractivity contribution in [3.05, 3.63) is 39.2 Å². The smallest absolute Gasteiger partial charge is 0.0452 e. The number of hydrogen-bond acceptors (Lipinski definition) is 0. The van der Waals surface area contributed by atoms with Gasteiger partial charge in [0.05, 0.1) is 0 Å². The summed E-state index contributed by atoms with van der Waals surface area (Å²) in [6.45, 7) is 0. The average Bonchev–Trinajstić information content (AvgIpc) is 2.34. The summed E-state index contributed by atoms with van der Waals surface area (Å²) in [5, 5.41) is 0.892. The lowest BCUT2D eigenvalue weighted by Crippen LogP contribution is -1.83. The molecule has 2 rings (SSSR count). The first-order chi connectivity index (χ1) is 5.27. The van der Waals surface area contributed by atoms with Gasteiger partial charge in [-0.15, -0.1) is 0 Å². The van der Waals surface area contributed by atoms with E-state index in [4.69, 9.17) is 11.6 Å². The molecule has 0 N–H and O–H groups in total. The predicted molar refractivity (Wildman–Crippen MR) is 50.9 cm³/mol. The van der Waals surface area contributed by atoms with Gasteiger partial charge < -0.3 is 0 Å². The summed E-state index contributed by atoms with van der Waals surface area (Å²) in [7, 11) is 0. The molecule has 1 radical (unpaired) electrons. The first-order valence-corrected chi connectivity index (χ1v) is 4.73. The van der Waals surface area contributed by atoms with Crippen LogP contribution in [0.15, 0.2) is 16.6 Å². The van der Waals surface area contributed by atoms with E-state index in [0.717, 1.165) is 22.3 Å². The highest BCUT2D eigenvalue weighted by Crippen LogP contribution is 2.31. The molecule has 0 fully saturated rings. The van der Waals surface area contributed by atoms with Crippen LogP contribution >= 0.6 is 27.5 Å². The molecule has 0 atom stereocenters. The summed E-state index contributed by atoms with van der Waals surface area (Å²) < 4.78 is 1.08. The lowest BCUT2D eigenvalue weighted by molar-refractivity contribution is 1.17. The van der Waals surface area contributed by atoms with Crippen LogP contribution in [-0.2, 0) is 12.8 Å². The molecule has 1 aliphatic carbocycles. The SMILES string of the molecule is Clc1cc(Br)cc2c1C[CH]C2. The van der Waals surface area contributed by atoms with Crippen molar-refractivity contribution < 1.29 is 0 Å². The minimum atomic E-state index is 0.892. The standard InChI is InChI=1S/C9H7BrCl/c10-7-4-6-2-1-3-8(6)9(11)5-7/h1,4-5H,2-3H2. The zero-order chi connectivity index (χ0) is 7.84. The van der Waals surface area contributed by atoms with Gasteiger partial charge in [0.15, 0.2) is 0 Å². The van der Waals surface area contributed by atoms with Gasteiger partial charge in [-0.2, -0.15) is 0 Å². The van der Waals surface area contributed by atoms with Crippen LogP contribution in [0.25, 0.3) is 0 Å². The number of halogens is 2. The lowest BCUT2D eigenvalue weighted by Gasteiger charge is -2.01. The average molecular weight is 231 g/mol. The van der Waals surface area contributed by atoms with Gasteiger partial charge in [0.25, 0.3) is 0 Å². The van der Waals surface area contributed by atoms with Gasteiger partial charge in [-0.25, -0.2) is 0 Å². The normalized spacial score (nSPS) is 15.1. The van der Waals surface area contributed by atoms with Crippen LogP contribution in [0, 0.1) is 6.42 Å². The van der Waals surface area contributed by atoms with Crippen LogP contribution in [-0.4, -0.2) is 0 Å². The van der Waals surface area contributed by atoms with Crippen LogP contribution in [0.3, 0.4) is 0 Å². The third kappa shape index (κ3) is 1.32. The maximum absolute atomic E-state index is 6.02. The van der Waals surface area contributed by atoms with Crippen LogP contribution in [0.2, 0.25) is 5.02 Å². The lowest BCUT2D eigenvalue weighted by atomic mass is 10.1. The molecule has 1 aromatic rings. The highest BCUT2D eigenvalue weighted by molar-refractivity contribution is 9.10. The quantitative estimate of drug-likeness (QED) is 0.641. The monoisotopic (exact) mass is 229 g/mol. The molecular formula is C9H7BrCl. The second-order valence-electron chi connectivity index (χ2n) is 2.72. The van der Waals surface area contributed by atoms with Gasteiger partial charge in [-0.1, -0.05) is 27.5 Å². The second kappa shape index (κ2) is 2.80. The maximum atomic E-state index is 6.02. The summed E-state index contributed by atoms with van der Waals surface area (Å²) >= 11 is 9.44. The van der Waals surface area contributed by atoms with Crippen molar-refractivity contribution in [1.82, 2.24) is 0 Å². The van der Waals surface area contributed by atoms with E-state index in [1.54, 1.807) is 0 Å². The van der Waals surface area contributed by atoms with E-state index in [9.17, 15) is 0 Å². The molecule has 0 amide bonds. The van der Waals surface area contributed by atoms with Gasteiger partial charge in [-0.05, 0) is 42.5 Å². The van der Waals surface area contributed by atoms with Gasteiger partial charge in [0.2, 0.25) is 0 Å². The van der Waals surface area contributed by atoms with Crippen molar-refractivity contribution in [2.24, 2.45) is 0 Å². The summed E-state index contributed by atoms with van der Waals surface area (Å²) in [5.74, 6) is 0. The van der Waals surface area contributed by atoms with E-state index in [1.807, 2.05) is 6.07 Å². The Morgan fingerprint density at radius 1 is 1.27 bits per heavy atom. The molecule has 2 heteroatoms. The Morgan fingerprint density at radius 3 is 2.91 bits per heavy atom. The molecular weight excluding hydrogens is 223 g/mol. The fourth-order valence-corrected chi connectivity index (χ4v) is 2.39. The minimum Gasteiger partial charge on any atom is -0.0840 e. The number of fused-ring (bicyclic) bond motifs is 1. The van der Waals surface area contributed by atoms with Crippen molar-refractivity contribution in [3.8, 4) is 0 Å². The second-order valence-corrected chi connectivity index (χ2v) is 4.05. The molecule has 0 aromatic heterocycles. The summed E-state index contributed by atoms with van der Waals surface area (Å²) in [5.41, 5.74) is 2.67. The molecule has 0 bridgehead atoms. The van der Waals surface area contributed by atoms with Crippen LogP contribution in [0.1, 0.15) is 11.1 Å². The maximum Gasteiger partial charge on any atom is 0.0452 e. The molecule has 0 spiro atoms. The Kier molecular flexibility index (Phi) is 1.94. The zero-order valence-electron chi connectivity index (χ0n) is 5.90. The first-order valence-electron chi connectivity index (χ1n) is 3.56. The summed E-state index contributed by atoms with van der Waals surface area (Å²) in [4.78, 5) is 0. The Labute approximate surface area is 79.7 Å². The van der Waals surface area contributed by atoms with Crippen molar-refractivity contribution in [3.63, 3.8) is 0 Å². The molecule has 0 unspecified atom stereocenters. The van der Waals surface area contributed by atoms with E-state index in [-0.39, 0.29) is 0 Å². The predicted octanol–water partition coefficient (Wildman–Crippen LogP) is 3.41. The van der Waals surface area contributed by atoms with Gasteiger partial charge in [-0.3, -0.25) is 0 Å². The third-order valence-corrected chi connectivity index (χ3v) is 2.76. The van der Waals surface area contributed by atoms with Crippen molar-refractivity contribution in [2.75, 3.05) is 0 Å². The number of benzene rings is 1. The van der Waals surface area contributed by atoms with Gasteiger partial charge in [0.1, 0.15) is 0 Å². The van der Waals surface area contributed by atoms with E-state index < -0.39 is 0 Å². The summed E-state index contributed by atoms with van der Waals surface area (Å²) in [6.07, 6.45) is 4.35. The Balaban J connectivity index is 2.60. The molecule has 0 saturated heterocycles. The molecule has 0 saturated carbocycles. The molecule has 11 heavy (non-hydrogen) atoms. The fourth-order valence-electron chi connectivity index (χ4n) is 1.44. The van der Waals surface area contributed by atoms with E-state index >= 15 is 0 Å². The van der Waals surface area contributed by atoms with Crippen LogP contribution < -0.4 is 0 Å². The topological polar surface area (TPSA) is 0 Å². The number of hydrogen-bond donors (Lipinski definition) is 0.